The lowest BCUT2D eigenvalue weighted by atomic mass is 9.58. The van der Waals surface area contributed by atoms with Crippen LogP contribution < -0.4 is 11.1 Å². The SMILES string of the molecule is CC(=S)Nc1ccc(O)c2c1CC1CC3[C@H](N(C)C)C(O)=C(C(N)=O)C(=O)[C@@]3(O)C(O)=C1C2=O. The Bertz CT molecular complexity index is 1240. The number of thiocarbonyl (C=S) groups is 1. The summed E-state index contributed by atoms with van der Waals surface area (Å²) in [7, 11) is 3.16. The number of nitrogens with one attached hydrogen (secondary N) is 1. The largest absolute Gasteiger partial charge is 0.510 e. The van der Waals surface area contributed by atoms with E-state index in [0.717, 1.165) is 0 Å². The molecule has 0 bridgehead atoms. The number of aromatic hydroxyl groups is 1. The van der Waals surface area contributed by atoms with E-state index in [0.29, 0.717) is 16.2 Å². The standard InChI is InChI=1S/C23H25N3O7S/c1-8(34)25-12-4-5-13(27)15-10(12)6-9-7-11-17(26(2)3)19(29)16(22(24)32)21(31)23(11,33)20(30)14(9)18(15)28/h4-5,9,11,17,27,29-30,33H,6-7H2,1-3H3,(H2,24,32)(H,25,34)/t9?,11?,17-,23-/m0/s1. The van der Waals surface area contributed by atoms with Crippen LogP contribution >= 0.6 is 12.2 Å². The van der Waals surface area contributed by atoms with Crippen molar-refractivity contribution in [3.8, 4) is 5.75 Å². The third kappa shape index (κ3) is 3.15. The number of carbonyl (C=O) groups is 3. The molecule has 3 aliphatic rings. The minimum Gasteiger partial charge on any atom is -0.510 e. The first-order valence-electron chi connectivity index (χ1n) is 10.6. The van der Waals surface area contributed by atoms with Crippen molar-refractivity contribution in [2.24, 2.45) is 17.6 Å². The molecule has 0 saturated carbocycles. The third-order valence-corrected chi connectivity index (χ3v) is 7.02. The molecule has 1 aromatic rings. The number of rotatable bonds is 3. The predicted octanol–water partition coefficient (Wildman–Crippen LogP) is 0.880. The summed E-state index contributed by atoms with van der Waals surface area (Å²) in [6.07, 6.45) is 0.214. The molecule has 4 rings (SSSR count). The number of aliphatic hydroxyl groups excluding tert-OH is 2. The van der Waals surface area contributed by atoms with Gasteiger partial charge in [-0.15, -0.1) is 0 Å². The number of Topliss-reactive ketones (excluding diaryl/α,β-unsaturated/α-hetero) is 2. The zero-order valence-corrected chi connectivity index (χ0v) is 19.6. The Hall–Kier alpha value is -3.28. The number of benzene rings is 1. The molecule has 7 N–H and O–H groups in total. The number of fused-ring (bicyclic) bond motifs is 3. The molecule has 1 amide bonds. The Kier molecular flexibility index (Phi) is 5.54. The Morgan fingerprint density at radius 1 is 1.24 bits per heavy atom. The number of nitrogens with zero attached hydrogens (tertiary/aromatic N) is 1. The summed E-state index contributed by atoms with van der Waals surface area (Å²) in [5.41, 5.74) is 2.57. The molecule has 1 aromatic carbocycles. The topological polar surface area (TPSA) is 173 Å². The second-order valence-corrected chi connectivity index (χ2v) is 9.74. The first kappa shape index (κ1) is 23.9. The van der Waals surface area contributed by atoms with Gasteiger partial charge < -0.3 is 31.5 Å². The van der Waals surface area contributed by atoms with Crippen LogP contribution in [0.25, 0.3) is 0 Å². The molecule has 0 spiro atoms. The van der Waals surface area contributed by atoms with E-state index in [1.54, 1.807) is 27.1 Å². The van der Waals surface area contributed by atoms with Crippen LogP contribution in [-0.2, 0) is 16.0 Å². The lowest BCUT2D eigenvalue weighted by Gasteiger charge is -2.50. The zero-order chi connectivity index (χ0) is 25.3. The van der Waals surface area contributed by atoms with Crippen LogP contribution in [0.5, 0.6) is 5.75 Å². The molecule has 0 aliphatic heterocycles. The number of allylic oxidation sites excluding steroid dienone is 1. The highest BCUT2D eigenvalue weighted by Crippen LogP contribution is 2.52. The van der Waals surface area contributed by atoms with Gasteiger partial charge in [0.25, 0.3) is 5.91 Å². The fourth-order valence-electron chi connectivity index (χ4n) is 5.56. The highest BCUT2D eigenvalue weighted by molar-refractivity contribution is 7.80. The summed E-state index contributed by atoms with van der Waals surface area (Å²) >= 11 is 5.12. The van der Waals surface area contributed by atoms with Crippen LogP contribution in [0.4, 0.5) is 5.69 Å². The molecule has 0 heterocycles. The van der Waals surface area contributed by atoms with E-state index < -0.39 is 58.0 Å². The molecule has 34 heavy (non-hydrogen) atoms. The summed E-state index contributed by atoms with van der Waals surface area (Å²) in [4.78, 5) is 40.7. The molecule has 180 valence electrons. The molecule has 0 radical (unpaired) electrons. The van der Waals surface area contributed by atoms with Crippen LogP contribution in [0.3, 0.4) is 0 Å². The number of aliphatic hydroxyl groups is 3. The van der Waals surface area contributed by atoms with Crippen molar-refractivity contribution < 1.29 is 34.8 Å². The maximum absolute atomic E-state index is 13.5. The van der Waals surface area contributed by atoms with Crippen molar-refractivity contribution in [2.45, 2.75) is 31.4 Å². The first-order chi connectivity index (χ1) is 15.8. The Balaban J connectivity index is 1.95. The summed E-state index contributed by atoms with van der Waals surface area (Å²) in [5.74, 6) is -6.80. The lowest BCUT2D eigenvalue weighted by Crippen LogP contribution is -2.63. The molecular formula is C23H25N3O7S. The van der Waals surface area contributed by atoms with Gasteiger partial charge in [0, 0.05) is 17.2 Å². The first-order valence-corrected chi connectivity index (χ1v) is 11.0. The molecule has 0 fully saturated rings. The fraction of sp³-hybridized carbons (Fsp3) is 0.391. The normalized spacial score (nSPS) is 28.4. The van der Waals surface area contributed by atoms with E-state index in [2.05, 4.69) is 5.32 Å². The van der Waals surface area contributed by atoms with Crippen molar-refractivity contribution in [3.63, 3.8) is 0 Å². The van der Waals surface area contributed by atoms with Crippen molar-refractivity contribution in [3.05, 3.63) is 45.9 Å². The minimum absolute atomic E-state index is 0.0252. The quantitative estimate of drug-likeness (QED) is 0.204. The fourth-order valence-corrected chi connectivity index (χ4v) is 5.67. The molecule has 11 heteroatoms. The van der Waals surface area contributed by atoms with Gasteiger partial charge in [-0.05, 0) is 57.5 Å². The van der Waals surface area contributed by atoms with Gasteiger partial charge in [-0.1, -0.05) is 12.2 Å². The number of amides is 1. The van der Waals surface area contributed by atoms with Gasteiger partial charge in [0.2, 0.25) is 5.78 Å². The monoisotopic (exact) mass is 487 g/mol. The van der Waals surface area contributed by atoms with Gasteiger partial charge in [0.05, 0.1) is 16.6 Å². The third-order valence-electron chi connectivity index (χ3n) is 6.92. The molecule has 4 atom stereocenters. The van der Waals surface area contributed by atoms with E-state index in [4.69, 9.17) is 18.0 Å². The second kappa shape index (κ2) is 7.90. The van der Waals surface area contributed by atoms with E-state index >= 15 is 0 Å². The van der Waals surface area contributed by atoms with Crippen molar-refractivity contribution >= 4 is 40.4 Å². The van der Waals surface area contributed by atoms with Crippen LogP contribution in [0.2, 0.25) is 0 Å². The number of anilines is 1. The van der Waals surface area contributed by atoms with Crippen LogP contribution in [0, 0.1) is 11.8 Å². The number of phenols is 1. The van der Waals surface area contributed by atoms with Gasteiger partial charge >= 0.3 is 0 Å². The Labute approximate surface area is 200 Å². The average Bonchev–Trinajstić information content (AvgIpc) is 2.72. The van der Waals surface area contributed by atoms with E-state index in [9.17, 15) is 34.8 Å². The average molecular weight is 488 g/mol. The number of nitrogens with two attached hydrogens (primary N) is 1. The van der Waals surface area contributed by atoms with Crippen LogP contribution in [0.1, 0.15) is 29.3 Å². The summed E-state index contributed by atoms with van der Waals surface area (Å²) in [6, 6.07) is 1.87. The summed E-state index contributed by atoms with van der Waals surface area (Å²) in [5, 5.41) is 47.0. The number of hydrogen-bond acceptors (Lipinski definition) is 9. The maximum atomic E-state index is 13.5. The van der Waals surface area contributed by atoms with E-state index in [1.807, 2.05) is 0 Å². The molecule has 10 nitrogen and oxygen atoms in total. The number of phenolic OH excluding ortho intramolecular Hbond substituents is 1. The summed E-state index contributed by atoms with van der Waals surface area (Å²) in [6.45, 7) is 1.66. The Morgan fingerprint density at radius 2 is 1.88 bits per heavy atom. The minimum atomic E-state index is -2.65. The maximum Gasteiger partial charge on any atom is 0.255 e. The van der Waals surface area contributed by atoms with Crippen molar-refractivity contribution in [1.29, 1.82) is 0 Å². The Morgan fingerprint density at radius 3 is 2.44 bits per heavy atom. The van der Waals surface area contributed by atoms with Gasteiger partial charge in [-0.25, -0.2) is 0 Å². The highest BCUT2D eigenvalue weighted by atomic mass is 32.1. The molecular weight excluding hydrogens is 462 g/mol. The van der Waals surface area contributed by atoms with Crippen molar-refractivity contribution in [2.75, 3.05) is 19.4 Å². The lowest BCUT2D eigenvalue weighted by molar-refractivity contribution is -0.148. The van der Waals surface area contributed by atoms with Crippen LogP contribution in [-0.4, -0.2) is 73.5 Å². The molecule has 2 unspecified atom stereocenters. The second-order valence-electron chi connectivity index (χ2n) is 9.13. The zero-order valence-electron chi connectivity index (χ0n) is 18.7. The summed E-state index contributed by atoms with van der Waals surface area (Å²) < 4.78 is 0. The number of carbonyl (C=O) groups excluding carboxylic acids is 3. The number of ketones is 2. The molecule has 3 aliphatic carbocycles. The molecule has 0 saturated heterocycles. The van der Waals surface area contributed by atoms with E-state index in [1.165, 1.54) is 11.0 Å². The van der Waals surface area contributed by atoms with Gasteiger partial charge in [-0.3, -0.25) is 19.3 Å². The van der Waals surface area contributed by atoms with Gasteiger partial charge in [0.1, 0.15) is 22.8 Å². The van der Waals surface area contributed by atoms with Crippen molar-refractivity contribution in [1.82, 2.24) is 4.90 Å². The van der Waals surface area contributed by atoms with Gasteiger partial charge in [-0.2, -0.15) is 0 Å². The van der Waals surface area contributed by atoms with Crippen LogP contribution in [0.15, 0.2) is 34.8 Å². The van der Waals surface area contributed by atoms with Gasteiger partial charge in [0.15, 0.2) is 11.4 Å². The highest BCUT2D eigenvalue weighted by Gasteiger charge is 2.63. The number of hydrogen-bond donors (Lipinski definition) is 6. The van der Waals surface area contributed by atoms with E-state index in [-0.39, 0.29) is 29.7 Å². The predicted molar refractivity (Wildman–Crippen MR) is 126 cm³/mol. The smallest absolute Gasteiger partial charge is 0.255 e. The number of primary amides is 1. The molecule has 0 aromatic heterocycles. The number of likely N-dealkylation sites (N-methyl/N-ethyl adjacent to an activating group) is 1.